The number of aliphatic imine (C=N–C) groups is 1. The molecule has 3 nitrogen and oxygen atoms in total. The van der Waals surface area contributed by atoms with Gasteiger partial charge in [0.15, 0.2) is 0 Å². The van der Waals surface area contributed by atoms with Crippen LogP contribution in [0.3, 0.4) is 0 Å². The van der Waals surface area contributed by atoms with Crippen molar-refractivity contribution in [1.29, 1.82) is 0 Å². The maximum Gasteiger partial charge on any atom is 0.121 e. The van der Waals surface area contributed by atoms with Gasteiger partial charge in [-0.25, -0.2) is 4.99 Å². The van der Waals surface area contributed by atoms with Gasteiger partial charge in [-0.3, -0.25) is 4.57 Å². The normalized spacial score (nSPS) is 15.9. The lowest BCUT2D eigenvalue weighted by Gasteiger charge is -2.31. The molecule has 0 fully saturated rings. The molecular weight excluding hydrogens is 739 g/mol. The van der Waals surface area contributed by atoms with E-state index < -0.39 is 0 Å². The molecule has 13 rings (SSSR count). The van der Waals surface area contributed by atoms with Crippen molar-refractivity contribution < 1.29 is 0 Å². The predicted molar refractivity (Wildman–Crippen MR) is 257 cm³/mol. The van der Waals surface area contributed by atoms with E-state index in [1.54, 1.807) is 0 Å². The molecule has 2 aromatic heterocycles. The SMILES string of the molecule is CC1(C)c2ccccc2-c2cccc(C3CCCc4ccccc4N=C3n3c4cc(-n5c6ccccc6c6cc7ccccc7cc65)ccc4c4c5ccccc5ccc43)c21. The van der Waals surface area contributed by atoms with E-state index in [9.17, 15) is 0 Å². The van der Waals surface area contributed by atoms with Crippen LogP contribution in [0.1, 0.15) is 54.9 Å². The Morgan fingerprint density at radius 1 is 0.508 bits per heavy atom. The molecule has 1 aliphatic heterocycles. The van der Waals surface area contributed by atoms with E-state index in [4.69, 9.17) is 4.99 Å². The van der Waals surface area contributed by atoms with Gasteiger partial charge in [-0.1, -0.05) is 153 Å². The third-order valence-corrected chi connectivity index (χ3v) is 14.1. The number of nitrogens with zero attached hydrogens (tertiary/aromatic N) is 3. The van der Waals surface area contributed by atoms with Crippen LogP contribution in [0.4, 0.5) is 5.69 Å². The number of para-hydroxylation sites is 2. The largest absolute Gasteiger partial charge is 0.309 e. The topological polar surface area (TPSA) is 22.2 Å². The lowest BCUT2D eigenvalue weighted by atomic mass is 9.76. The number of rotatable bonds is 2. The Morgan fingerprint density at radius 3 is 2.13 bits per heavy atom. The molecule has 3 heterocycles. The average molecular weight is 782 g/mol. The Balaban J connectivity index is 1.15. The molecular formula is C58H43N3. The smallest absolute Gasteiger partial charge is 0.121 e. The van der Waals surface area contributed by atoms with Crippen LogP contribution in [0.15, 0.2) is 187 Å². The second-order valence-electron chi connectivity index (χ2n) is 17.8. The zero-order chi connectivity index (χ0) is 40.4. The fraction of sp³-hybridized carbons (Fsp3) is 0.121. The molecule has 0 radical (unpaired) electrons. The highest BCUT2D eigenvalue weighted by Gasteiger charge is 2.40. The molecule has 9 aromatic carbocycles. The number of fused-ring (bicyclic) bond motifs is 13. The van der Waals surface area contributed by atoms with E-state index >= 15 is 0 Å². The minimum atomic E-state index is -0.154. The van der Waals surface area contributed by atoms with Crippen molar-refractivity contribution in [2.24, 2.45) is 4.99 Å². The first-order valence-electron chi connectivity index (χ1n) is 21.8. The summed E-state index contributed by atoms with van der Waals surface area (Å²) in [6, 6.07) is 68.0. The van der Waals surface area contributed by atoms with Crippen LogP contribution in [0.25, 0.3) is 82.0 Å². The highest BCUT2D eigenvalue weighted by Crippen LogP contribution is 2.52. The Bertz CT molecular complexity index is 3670. The molecule has 1 unspecified atom stereocenters. The minimum Gasteiger partial charge on any atom is -0.309 e. The van der Waals surface area contributed by atoms with Gasteiger partial charge in [-0.15, -0.1) is 0 Å². The molecule has 61 heavy (non-hydrogen) atoms. The van der Waals surface area contributed by atoms with E-state index in [2.05, 4.69) is 205 Å². The van der Waals surface area contributed by atoms with Crippen LogP contribution in [0, 0.1) is 0 Å². The number of aromatic nitrogens is 2. The molecule has 0 bridgehead atoms. The van der Waals surface area contributed by atoms with Gasteiger partial charge in [-0.2, -0.15) is 0 Å². The monoisotopic (exact) mass is 781 g/mol. The summed E-state index contributed by atoms with van der Waals surface area (Å²) in [5.41, 5.74) is 15.1. The van der Waals surface area contributed by atoms with Gasteiger partial charge < -0.3 is 4.57 Å². The van der Waals surface area contributed by atoms with Gasteiger partial charge in [0.05, 0.1) is 27.8 Å². The van der Waals surface area contributed by atoms with Crippen LogP contribution in [0.2, 0.25) is 0 Å². The zero-order valence-corrected chi connectivity index (χ0v) is 34.4. The minimum absolute atomic E-state index is 0.0467. The third kappa shape index (κ3) is 4.95. The van der Waals surface area contributed by atoms with Crippen molar-refractivity contribution in [3.8, 4) is 16.8 Å². The second-order valence-corrected chi connectivity index (χ2v) is 17.8. The van der Waals surface area contributed by atoms with Crippen LogP contribution in [0.5, 0.6) is 0 Å². The molecule has 1 aliphatic carbocycles. The fourth-order valence-electron chi connectivity index (χ4n) is 11.4. The first-order chi connectivity index (χ1) is 30.0. The standard InChI is InChI=1S/C58H43N3/c1-58(2)49-26-10-8-21-42(49)44-23-14-24-45(56(44)58)46-25-13-19-37-16-6-11-27-50(37)59-57(46)61-52-32-29-36-15-5-7-20-41(36)55(52)47-31-30-40(35-54(47)61)60-51-28-12-9-22-43(51)48-33-38-17-3-4-18-39(38)34-53(48)60/h3-12,14-18,20-24,26-35,46H,13,19,25H2,1-2H3. The van der Waals surface area contributed by atoms with Gasteiger partial charge in [0.25, 0.3) is 0 Å². The van der Waals surface area contributed by atoms with Crippen LogP contribution < -0.4 is 0 Å². The van der Waals surface area contributed by atoms with E-state index in [-0.39, 0.29) is 11.3 Å². The van der Waals surface area contributed by atoms with E-state index in [1.807, 2.05) is 0 Å². The van der Waals surface area contributed by atoms with E-state index in [1.165, 1.54) is 98.5 Å². The summed E-state index contributed by atoms with van der Waals surface area (Å²) in [4.78, 5) is 5.90. The molecule has 11 aromatic rings. The summed E-state index contributed by atoms with van der Waals surface area (Å²) < 4.78 is 5.04. The van der Waals surface area contributed by atoms with Crippen molar-refractivity contribution in [2.45, 2.75) is 44.4 Å². The summed E-state index contributed by atoms with van der Waals surface area (Å²) in [5.74, 6) is 1.14. The number of hydrogen-bond acceptors (Lipinski definition) is 1. The van der Waals surface area contributed by atoms with Gasteiger partial charge in [-0.05, 0) is 117 Å². The fourth-order valence-corrected chi connectivity index (χ4v) is 11.4. The Hall–Kier alpha value is -7.23. The van der Waals surface area contributed by atoms with Gasteiger partial charge in [0, 0.05) is 38.6 Å². The molecule has 0 saturated heterocycles. The van der Waals surface area contributed by atoms with E-state index in [0.29, 0.717) is 0 Å². The number of aryl methyl sites for hydroxylation is 1. The highest BCUT2D eigenvalue weighted by molar-refractivity contribution is 6.25. The van der Waals surface area contributed by atoms with Crippen molar-refractivity contribution in [1.82, 2.24) is 9.13 Å². The summed E-state index contributed by atoms with van der Waals surface area (Å²) in [6.07, 6.45) is 3.06. The van der Waals surface area contributed by atoms with Crippen molar-refractivity contribution in [3.05, 3.63) is 204 Å². The van der Waals surface area contributed by atoms with Gasteiger partial charge in [0.2, 0.25) is 0 Å². The van der Waals surface area contributed by atoms with Gasteiger partial charge in [0.1, 0.15) is 5.84 Å². The van der Waals surface area contributed by atoms with Crippen molar-refractivity contribution >= 4 is 76.7 Å². The predicted octanol–water partition coefficient (Wildman–Crippen LogP) is 15.2. The molecule has 0 spiro atoms. The Kier molecular flexibility index (Phi) is 7.31. The number of benzene rings is 9. The van der Waals surface area contributed by atoms with Crippen molar-refractivity contribution in [3.63, 3.8) is 0 Å². The highest BCUT2D eigenvalue weighted by atomic mass is 15.1. The lowest BCUT2D eigenvalue weighted by molar-refractivity contribution is 0.626. The Labute approximate surface area is 354 Å². The van der Waals surface area contributed by atoms with Crippen LogP contribution in [-0.4, -0.2) is 15.0 Å². The quantitative estimate of drug-likeness (QED) is 0.167. The summed E-state index contributed by atoms with van der Waals surface area (Å²) in [5, 5.41) is 10.1. The molecule has 290 valence electrons. The molecule has 0 saturated carbocycles. The lowest BCUT2D eigenvalue weighted by Crippen LogP contribution is -2.26. The maximum absolute atomic E-state index is 5.90. The van der Waals surface area contributed by atoms with Crippen LogP contribution >= 0.6 is 0 Å². The first kappa shape index (κ1) is 34.6. The third-order valence-electron chi connectivity index (χ3n) is 14.1. The van der Waals surface area contributed by atoms with Gasteiger partial charge >= 0.3 is 0 Å². The summed E-state index contributed by atoms with van der Waals surface area (Å²) in [6.45, 7) is 4.84. The molecule has 0 N–H and O–H groups in total. The molecule has 1 atom stereocenters. The van der Waals surface area contributed by atoms with E-state index in [0.717, 1.165) is 36.5 Å². The summed E-state index contributed by atoms with van der Waals surface area (Å²) in [7, 11) is 0. The number of hydrogen-bond donors (Lipinski definition) is 0. The second kappa shape index (κ2) is 12.9. The molecule has 3 heteroatoms. The van der Waals surface area contributed by atoms with Crippen LogP contribution in [-0.2, 0) is 11.8 Å². The molecule has 2 aliphatic rings. The zero-order valence-electron chi connectivity index (χ0n) is 34.4. The summed E-state index contributed by atoms with van der Waals surface area (Å²) >= 11 is 0. The first-order valence-corrected chi connectivity index (χ1v) is 21.8. The average Bonchev–Trinajstić information content (AvgIpc) is 3.88. The molecule has 0 amide bonds. The van der Waals surface area contributed by atoms with Crippen molar-refractivity contribution in [2.75, 3.05) is 0 Å². The maximum atomic E-state index is 5.90. The Morgan fingerprint density at radius 2 is 1.23 bits per heavy atom.